The van der Waals surface area contributed by atoms with Crippen molar-refractivity contribution in [3.8, 4) is 5.82 Å². The molecule has 0 aliphatic rings. The molecular weight excluding hydrogens is 554 g/mol. The first kappa shape index (κ1) is 32.8. The number of halogens is 4. The van der Waals surface area contributed by atoms with Crippen molar-refractivity contribution < 1.29 is 14.0 Å². The number of nitrogens with one attached hydrogen (secondary N) is 1. The maximum atomic E-state index is 11.7. The summed E-state index contributed by atoms with van der Waals surface area (Å²) in [5.41, 5.74) is 2.79. The summed E-state index contributed by atoms with van der Waals surface area (Å²) < 4.78 is 13.1. The van der Waals surface area contributed by atoms with Gasteiger partial charge in [-0.1, -0.05) is 41.4 Å². The number of hydrogen-bond acceptors (Lipinski definition) is 7. The molecule has 1 atom stereocenters. The molecule has 0 aliphatic carbocycles. The highest BCUT2D eigenvalue weighted by atomic mass is 35.5. The van der Waals surface area contributed by atoms with Gasteiger partial charge in [-0.25, -0.2) is 14.1 Å². The van der Waals surface area contributed by atoms with Gasteiger partial charge in [0.1, 0.15) is 11.9 Å². The third kappa shape index (κ3) is 9.89. The summed E-state index contributed by atoms with van der Waals surface area (Å²) in [6, 6.07) is 8.27. The number of ketones is 1. The Hall–Kier alpha value is -3.27. The quantitative estimate of drug-likeness (QED) is 0.102. The summed E-state index contributed by atoms with van der Waals surface area (Å²) in [4.78, 5) is 26.4. The van der Waals surface area contributed by atoms with E-state index in [4.69, 9.17) is 34.8 Å². The number of allylic oxidation sites excluding steroid dienone is 1. The molecule has 204 valence electrons. The number of nitrogens with zero attached hydrogens (tertiary/aromatic N) is 5. The zero-order chi connectivity index (χ0) is 29.0. The predicted octanol–water partition coefficient (Wildman–Crippen LogP) is 6.94. The minimum absolute atomic E-state index is 0.0613. The lowest BCUT2D eigenvalue weighted by molar-refractivity contribution is 0.101. The number of anilines is 1. The van der Waals surface area contributed by atoms with Gasteiger partial charge >= 0.3 is 0 Å². The molecule has 0 fully saturated rings. The smallest absolute Gasteiger partial charge is 0.172 e. The van der Waals surface area contributed by atoms with Crippen LogP contribution < -0.4 is 5.32 Å². The van der Waals surface area contributed by atoms with Crippen molar-refractivity contribution >= 4 is 59.3 Å². The van der Waals surface area contributed by atoms with Crippen molar-refractivity contribution in [3.63, 3.8) is 0 Å². The molecule has 8 nitrogen and oxygen atoms in total. The first-order valence-corrected chi connectivity index (χ1v) is 12.3. The molecule has 3 aromatic rings. The van der Waals surface area contributed by atoms with Crippen LogP contribution in [-0.2, 0) is 6.54 Å². The molecule has 3 rings (SSSR count). The molecule has 0 saturated carbocycles. The fraction of sp³-hybridized carbons (Fsp3) is 0.269. The number of aldehydes is 1. The summed E-state index contributed by atoms with van der Waals surface area (Å²) in [6.07, 6.45) is 1.46. The minimum atomic E-state index is -0.843. The number of pyridine rings is 1. The van der Waals surface area contributed by atoms with Gasteiger partial charge in [0.15, 0.2) is 17.9 Å². The lowest BCUT2D eigenvalue weighted by Crippen LogP contribution is -2.10. The molecule has 0 aliphatic heterocycles. The van der Waals surface area contributed by atoms with Crippen LogP contribution in [-0.4, -0.2) is 58.8 Å². The van der Waals surface area contributed by atoms with Gasteiger partial charge in [0.25, 0.3) is 0 Å². The molecule has 38 heavy (non-hydrogen) atoms. The van der Waals surface area contributed by atoms with Crippen LogP contribution in [0.4, 0.5) is 10.1 Å². The van der Waals surface area contributed by atoms with Gasteiger partial charge in [-0.05, 0) is 56.7 Å². The number of carbonyl (C=O) groups excluding carboxylic acids is 2. The van der Waals surface area contributed by atoms with E-state index < -0.39 is 6.17 Å². The van der Waals surface area contributed by atoms with Crippen LogP contribution in [0.1, 0.15) is 47.3 Å². The van der Waals surface area contributed by atoms with E-state index in [1.807, 2.05) is 0 Å². The molecule has 0 spiro atoms. The van der Waals surface area contributed by atoms with E-state index in [0.29, 0.717) is 61.9 Å². The minimum Gasteiger partial charge on any atom is -0.386 e. The van der Waals surface area contributed by atoms with Gasteiger partial charge in [0.2, 0.25) is 0 Å². The maximum Gasteiger partial charge on any atom is 0.172 e. The number of rotatable bonds is 8. The van der Waals surface area contributed by atoms with Gasteiger partial charge in [-0.2, -0.15) is 10.2 Å². The van der Waals surface area contributed by atoms with Gasteiger partial charge in [0.05, 0.1) is 28.0 Å². The van der Waals surface area contributed by atoms with E-state index in [1.54, 1.807) is 62.6 Å². The summed E-state index contributed by atoms with van der Waals surface area (Å²) in [6.45, 7) is 11.9. The lowest BCUT2D eigenvalue weighted by Gasteiger charge is -2.08. The van der Waals surface area contributed by atoms with Crippen LogP contribution in [0.2, 0.25) is 15.1 Å². The number of Topliss-reactive ketones (excluding diaryl/α,β-unsaturated/α-hetero) is 1. The summed E-state index contributed by atoms with van der Waals surface area (Å²) >= 11 is 17.7. The second-order valence-electron chi connectivity index (χ2n) is 7.93. The van der Waals surface area contributed by atoms with Crippen molar-refractivity contribution in [2.45, 2.75) is 33.5 Å². The molecule has 2 aromatic heterocycles. The Bertz CT molecular complexity index is 1280. The maximum absolute atomic E-state index is 11.7. The van der Waals surface area contributed by atoms with Crippen LogP contribution in [0.5, 0.6) is 0 Å². The van der Waals surface area contributed by atoms with Crippen LogP contribution in [0.25, 0.3) is 5.82 Å². The standard InChI is InChI=1S/C12H12ClN5O.C9H9Cl2NO.C5H9F/c1-14-17(2)7-9-6-10(8-19)18(16-9)12-11(13)4-3-5-15-12;1-5(13)7-3-6(10)4-8(11)9(7)12-2;1-4(2)5(3)6/h3-6,8H,1,7H2,2H3;3-4,12H,1-2H3;5H,1H2,2-3H3. The van der Waals surface area contributed by atoms with Crippen LogP contribution in [0, 0.1) is 0 Å². The Morgan fingerprint density at radius 3 is 2.37 bits per heavy atom. The highest BCUT2D eigenvalue weighted by Gasteiger charge is 2.13. The molecule has 0 saturated heterocycles. The molecule has 12 heteroatoms. The van der Waals surface area contributed by atoms with E-state index >= 15 is 0 Å². The van der Waals surface area contributed by atoms with Crippen LogP contribution in [0.15, 0.2) is 53.8 Å². The SMILES string of the molecule is C=C(C)C(C)F.C=NN(C)Cc1cc(C=O)n(-c2ncccc2Cl)n1.CNc1c(Cl)cc(Cl)cc1C(C)=O. The molecule has 1 unspecified atom stereocenters. The van der Waals surface area contributed by atoms with E-state index in [1.165, 1.54) is 18.5 Å². The van der Waals surface area contributed by atoms with E-state index in [-0.39, 0.29) is 5.78 Å². The molecule has 0 amide bonds. The third-order valence-corrected chi connectivity index (χ3v) is 5.65. The lowest BCUT2D eigenvalue weighted by atomic mass is 10.1. The predicted molar refractivity (Wildman–Crippen MR) is 154 cm³/mol. The Kier molecular flexibility index (Phi) is 13.7. The molecular formula is C26H30Cl3FN6O2. The fourth-order valence-corrected chi connectivity index (χ4v) is 3.49. The van der Waals surface area contributed by atoms with Crippen molar-refractivity contribution in [1.82, 2.24) is 19.8 Å². The number of hydrazone groups is 1. The molecule has 1 aromatic carbocycles. The normalized spacial score (nSPS) is 10.7. The highest BCUT2D eigenvalue weighted by molar-refractivity contribution is 6.37. The number of aromatic nitrogens is 3. The monoisotopic (exact) mass is 582 g/mol. The van der Waals surface area contributed by atoms with Gasteiger partial charge < -0.3 is 5.32 Å². The molecule has 1 N–H and O–H groups in total. The Balaban J connectivity index is 0.000000328. The number of carbonyl (C=O) groups is 2. The van der Waals surface area contributed by atoms with E-state index in [9.17, 15) is 14.0 Å². The zero-order valence-electron chi connectivity index (χ0n) is 21.8. The first-order valence-electron chi connectivity index (χ1n) is 11.2. The largest absolute Gasteiger partial charge is 0.386 e. The highest BCUT2D eigenvalue weighted by Crippen LogP contribution is 2.30. The van der Waals surface area contributed by atoms with Crippen molar-refractivity contribution in [3.05, 3.63) is 80.7 Å². The van der Waals surface area contributed by atoms with E-state index in [2.05, 4.69) is 33.8 Å². The topological polar surface area (TPSA) is 92.5 Å². The number of alkyl halides is 1. The average Bonchev–Trinajstić information content (AvgIpc) is 3.26. The second kappa shape index (κ2) is 15.9. The summed E-state index contributed by atoms with van der Waals surface area (Å²) in [5.74, 6) is 0.362. The molecule has 0 radical (unpaired) electrons. The third-order valence-electron chi connectivity index (χ3n) is 4.84. The van der Waals surface area contributed by atoms with Crippen LogP contribution in [0.3, 0.4) is 0 Å². The summed E-state index contributed by atoms with van der Waals surface area (Å²) in [7, 11) is 3.47. The molecule has 0 bridgehead atoms. The Labute approximate surface area is 237 Å². The second-order valence-corrected chi connectivity index (χ2v) is 9.19. The molecule has 2 heterocycles. The van der Waals surface area contributed by atoms with Crippen molar-refractivity contribution in [1.29, 1.82) is 0 Å². The summed E-state index contributed by atoms with van der Waals surface area (Å²) in [5, 5.41) is 13.9. The number of benzene rings is 1. The first-order chi connectivity index (χ1) is 17.9. The van der Waals surface area contributed by atoms with Crippen molar-refractivity contribution in [2.75, 3.05) is 19.4 Å². The van der Waals surface area contributed by atoms with Gasteiger partial charge in [0, 0.05) is 37.6 Å². The zero-order valence-corrected chi connectivity index (χ0v) is 24.1. The average molecular weight is 584 g/mol. The van der Waals surface area contributed by atoms with Gasteiger partial charge in [-0.15, -0.1) is 0 Å². The Morgan fingerprint density at radius 1 is 1.26 bits per heavy atom. The number of hydrogen-bond donors (Lipinski definition) is 1. The van der Waals surface area contributed by atoms with E-state index in [0.717, 1.165) is 0 Å². The van der Waals surface area contributed by atoms with Crippen molar-refractivity contribution in [2.24, 2.45) is 5.10 Å². The van der Waals surface area contributed by atoms with Gasteiger partial charge in [-0.3, -0.25) is 14.6 Å². The fourth-order valence-electron chi connectivity index (χ4n) is 2.70. The Morgan fingerprint density at radius 2 is 1.89 bits per heavy atom. The van der Waals surface area contributed by atoms with Crippen LogP contribution >= 0.6 is 34.8 Å².